The van der Waals surface area contributed by atoms with Gasteiger partial charge >= 0.3 is 15.4 Å². The molecule has 3 aliphatic rings. The molecule has 21 heavy (non-hydrogen) atoms. The van der Waals surface area contributed by atoms with E-state index in [0.717, 1.165) is 5.69 Å². The molecule has 3 N–H and O–H groups in total. The predicted molar refractivity (Wildman–Crippen MR) is 73.4 cm³/mol. The highest BCUT2D eigenvalue weighted by Crippen LogP contribution is 2.58. The highest BCUT2D eigenvalue weighted by Gasteiger charge is 2.58. The summed E-state index contributed by atoms with van der Waals surface area (Å²) in [6.45, 7) is 0.509. The molecule has 1 aromatic heterocycles. The van der Waals surface area contributed by atoms with Crippen molar-refractivity contribution >= 4 is 26.9 Å². The second-order valence-electron chi connectivity index (χ2n) is 5.05. The van der Waals surface area contributed by atoms with E-state index in [2.05, 4.69) is 15.3 Å². The van der Waals surface area contributed by atoms with Crippen LogP contribution in [0.25, 0.3) is 0 Å². The van der Waals surface area contributed by atoms with Crippen LogP contribution in [0.2, 0.25) is 0 Å². The summed E-state index contributed by atoms with van der Waals surface area (Å²) in [6, 6.07) is 0. The van der Waals surface area contributed by atoms with Gasteiger partial charge in [0.2, 0.25) is 0 Å². The molecule has 4 unspecified atom stereocenters. The second-order valence-corrected chi connectivity index (χ2v) is 6.65. The maximum Gasteiger partial charge on any atom is 0.488 e. The molecule has 2 saturated heterocycles. The molecule has 2 radical (unpaired) electrons. The first-order valence-corrected chi connectivity index (χ1v) is 8.07. The fourth-order valence-electron chi connectivity index (χ4n) is 2.76. The van der Waals surface area contributed by atoms with E-state index in [1.807, 2.05) is 0 Å². The Hall–Kier alpha value is -1.03. The largest absolute Gasteiger partial charge is 0.488 e. The van der Waals surface area contributed by atoms with Gasteiger partial charge in [0.05, 0.1) is 18.6 Å². The monoisotopic (exact) mass is 311 g/mol. The van der Waals surface area contributed by atoms with Gasteiger partial charge in [0.15, 0.2) is 18.1 Å². The first-order chi connectivity index (χ1) is 10.1. The summed E-state index contributed by atoms with van der Waals surface area (Å²) in [5.74, 6) is 0.645. The second kappa shape index (κ2) is 4.74. The number of aliphatic hydroxyl groups is 1. The van der Waals surface area contributed by atoms with Crippen molar-refractivity contribution in [2.45, 2.75) is 24.5 Å². The van der Waals surface area contributed by atoms with Crippen molar-refractivity contribution in [3.63, 3.8) is 0 Å². The molecule has 3 aliphatic heterocycles. The van der Waals surface area contributed by atoms with Gasteiger partial charge in [-0.1, -0.05) is 0 Å². The first kappa shape index (κ1) is 13.6. The average Bonchev–Trinajstić information content (AvgIpc) is 3.00. The molecule has 5 atom stereocenters. The van der Waals surface area contributed by atoms with Gasteiger partial charge in [0.1, 0.15) is 25.1 Å². The quantitative estimate of drug-likeness (QED) is 0.444. The number of rotatable bonds is 1. The smallest absolute Gasteiger partial charge is 0.385 e. The van der Waals surface area contributed by atoms with Gasteiger partial charge in [-0.05, 0) is 0 Å². The number of nitrogens with one attached hydrogen (secondary N) is 1. The van der Waals surface area contributed by atoms with Gasteiger partial charge in [-0.15, -0.1) is 0 Å². The molecule has 0 amide bonds. The molecule has 110 valence electrons. The van der Waals surface area contributed by atoms with Crippen molar-refractivity contribution in [2.75, 3.05) is 23.5 Å². The fraction of sp³-hybridized carbons (Fsp3) is 0.600. The van der Waals surface area contributed by atoms with Gasteiger partial charge in [0.25, 0.3) is 0 Å². The van der Waals surface area contributed by atoms with E-state index in [0.29, 0.717) is 12.5 Å². The Kier molecular flexibility index (Phi) is 3.07. The SMILES string of the molecule is [B][P+]1(O)OCC2OC(N3CNc4cncnc43)C(O)[C@@H]2O1. The number of aliphatic hydroxyl groups excluding tert-OH is 1. The van der Waals surface area contributed by atoms with Crippen LogP contribution in [-0.2, 0) is 13.8 Å². The number of hydrogen-bond donors (Lipinski definition) is 3. The Bertz CT molecular complexity index is 566. The van der Waals surface area contributed by atoms with Crippen LogP contribution in [0.4, 0.5) is 11.5 Å². The third-order valence-corrected chi connectivity index (χ3v) is 4.78. The topological polar surface area (TPSA) is 109 Å². The van der Waals surface area contributed by atoms with Crippen LogP contribution in [0.1, 0.15) is 0 Å². The number of fused-ring (bicyclic) bond motifs is 2. The zero-order valence-electron chi connectivity index (χ0n) is 10.9. The van der Waals surface area contributed by atoms with Crippen molar-refractivity contribution in [3.8, 4) is 0 Å². The van der Waals surface area contributed by atoms with Gasteiger partial charge in [-0.3, -0.25) is 0 Å². The molecule has 2 fully saturated rings. The number of nitrogens with zero attached hydrogens (tertiary/aromatic N) is 3. The Morgan fingerprint density at radius 3 is 3.24 bits per heavy atom. The van der Waals surface area contributed by atoms with Gasteiger partial charge in [-0.2, -0.15) is 9.05 Å². The maximum absolute atomic E-state index is 10.4. The van der Waals surface area contributed by atoms with Crippen LogP contribution >= 0.6 is 7.82 Å². The number of ether oxygens (including phenoxy) is 1. The molecule has 9 nitrogen and oxygen atoms in total. The summed E-state index contributed by atoms with van der Waals surface area (Å²) in [5.41, 5.74) is 0.767. The lowest BCUT2D eigenvalue weighted by Gasteiger charge is -2.28. The van der Waals surface area contributed by atoms with Crippen LogP contribution in [0.3, 0.4) is 0 Å². The minimum Gasteiger partial charge on any atom is -0.385 e. The van der Waals surface area contributed by atoms with Crippen LogP contribution in [-0.4, -0.2) is 65.3 Å². The van der Waals surface area contributed by atoms with E-state index < -0.39 is 32.4 Å². The molecule has 0 spiro atoms. The van der Waals surface area contributed by atoms with E-state index in [1.54, 1.807) is 11.1 Å². The van der Waals surface area contributed by atoms with E-state index in [1.165, 1.54) is 6.33 Å². The fourth-order valence-corrected chi connectivity index (χ4v) is 3.79. The van der Waals surface area contributed by atoms with E-state index in [4.69, 9.17) is 21.4 Å². The zero-order valence-corrected chi connectivity index (χ0v) is 11.8. The van der Waals surface area contributed by atoms with E-state index >= 15 is 0 Å². The third kappa shape index (κ3) is 2.19. The maximum atomic E-state index is 10.4. The molecule has 0 aromatic carbocycles. The van der Waals surface area contributed by atoms with E-state index in [-0.39, 0.29) is 6.61 Å². The molecule has 4 heterocycles. The molecule has 11 heteroatoms. The molecular weight excluding hydrogens is 298 g/mol. The summed E-state index contributed by atoms with van der Waals surface area (Å²) in [4.78, 5) is 19.6. The number of aromatic nitrogens is 2. The summed E-state index contributed by atoms with van der Waals surface area (Å²) in [5, 5.41) is 13.6. The minimum atomic E-state index is -3.37. The van der Waals surface area contributed by atoms with Crippen LogP contribution in [0, 0.1) is 0 Å². The predicted octanol–water partition coefficient (Wildman–Crippen LogP) is -0.994. The van der Waals surface area contributed by atoms with Crippen molar-refractivity contribution < 1.29 is 23.8 Å². The molecule has 1 aromatic rings. The lowest BCUT2D eigenvalue weighted by molar-refractivity contribution is -0.0440. The zero-order chi connectivity index (χ0) is 14.6. The van der Waals surface area contributed by atoms with Crippen LogP contribution in [0.15, 0.2) is 12.5 Å². The summed E-state index contributed by atoms with van der Waals surface area (Å²) < 4.78 is 16.1. The molecule has 0 aliphatic carbocycles. The van der Waals surface area contributed by atoms with Crippen molar-refractivity contribution in [3.05, 3.63) is 12.5 Å². The summed E-state index contributed by atoms with van der Waals surface area (Å²) >= 11 is 0. The van der Waals surface area contributed by atoms with Gasteiger partial charge in [0, 0.05) is 0 Å². The standard InChI is InChI=1S/C10H13BN4O5P/c11-21(17)18-2-6-8(20-21)7(16)10(19-6)15-4-14-5-1-12-3-13-9(5)15/h1,3,6-8,10,14,16-17H,2,4H2/q+1/t6?,7?,8-,10?,21?/m1/s1. The Morgan fingerprint density at radius 1 is 1.52 bits per heavy atom. The molecule has 0 saturated carbocycles. The molecular formula is C10H13BN4O5P+. The Labute approximate surface area is 122 Å². The summed E-state index contributed by atoms with van der Waals surface area (Å²) in [7, 11) is 2.11. The molecule has 4 rings (SSSR count). The Morgan fingerprint density at radius 2 is 2.38 bits per heavy atom. The Balaban J connectivity index is 1.58. The highest BCUT2D eigenvalue weighted by molar-refractivity contribution is 7.85. The third-order valence-electron chi connectivity index (χ3n) is 3.72. The summed E-state index contributed by atoms with van der Waals surface area (Å²) in [6.07, 6.45) is 0.233. The minimum absolute atomic E-state index is 0.0803. The number of anilines is 2. The lowest BCUT2D eigenvalue weighted by Crippen LogP contribution is -2.45. The van der Waals surface area contributed by atoms with Crippen molar-refractivity contribution in [1.82, 2.24) is 9.97 Å². The molecule has 0 bridgehead atoms. The van der Waals surface area contributed by atoms with Crippen LogP contribution < -0.4 is 10.2 Å². The first-order valence-electron chi connectivity index (χ1n) is 6.42. The van der Waals surface area contributed by atoms with E-state index in [9.17, 15) is 10.00 Å². The average molecular weight is 311 g/mol. The van der Waals surface area contributed by atoms with Gasteiger partial charge < -0.3 is 20.1 Å². The number of hydrogen-bond acceptors (Lipinski definition) is 9. The lowest BCUT2D eigenvalue weighted by atomic mass is 10.1. The normalized spacial score (nSPS) is 41.5. The van der Waals surface area contributed by atoms with Gasteiger partial charge in [-0.25, -0.2) is 14.9 Å². The van der Waals surface area contributed by atoms with Crippen LogP contribution in [0.5, 0.6) is 0 Å². The van der Waals surface area contributed by atoms with Crippen molar-refractivity contribution in [1.29, 1.82) is 0 Å². The van der Waals surface area contributed by atoms with Crippen molar-refractivity contribution in [2.24, 2.45) is 0 Å². The highest BCUT2D eigenvalue weighted by atomic mass is 31.2.